The van der Waals surface area contributed by atoms with Gasteiger partial charge in [-0.25, -0.2) is 4.79 Å². The molecule has 0 saturated carbocycles. The average Bonchev–Trinajstić information content (AvgIpc) is 3.03. The van der Waals surface area contributed by atoms with Gasteiger partial charge in [0, 0.05) is 11.4 Å². The van der Waals surface area contributed by atoms with Crippen LogP contribution in [-0.4, -0.2) is 23.7 Å². The van der Waals surface area contributed by atoms with Gasteiger partial charge in [-0.05, 0) is 23.4 Å². The molecular formula is C16H17NO4S. The van der Waals surface area contributed by atoms with Crippen LogP contribution in [0, 0.1) is 5.92 Å². The lowest BCUT2D eigenvalue weighted by Gasteiger charge is -2.12. The third-order valence-corrected chi connectivity index (χ3v) is 3.98. The Morgan fingerprint density at radius 1 is 1.18 bits per heavy atom. The minimum absolute atomic E-state index is 0.0425. The molecule has 0 saturated heterocycles. The number of hydrogen-bond donors (Lipinski definition) is 2. The Bertz CT molecular complexity index is 598. The Hall–Kier alpha value is -2.34. The predicted octanol–water partition coefficient (Wildman–Crippen LogP) is 2.92. The Morgan fingerprint density at radius 2 is 1.95 bits per heavy atom. The van der Waals surface area contributed by atoms with Crippen LogP contribution < -0.4 is 5.32 Å². The fourth-order valence-corrected chi connectivity index (χ4v) is 2.69. The highest BCUT2D eigenvalue weighted by atomic mass is 32.1. The summed E-state index contributed by atoms with van der Waals surface area (Å²) in [6.45, 7) is 0.205. The topological polar surface area (TPSA) is 75.6 Å². The Morgan fingerprint density at radius 3 is 2.59 bits per heavy atom. The quantitative estimate of drug-likeness (QED) is 0.823. The van der Waals surface area contributed by atoms with Crippen molar-refractivity contribution in [3.63, 3.8) is 0 Å². The normalized spacial score (nSPS) is 11.6. The molecule has 116 valence electrons. The molecule has 0 aliphatic heterocycles. The van der Waals surface area contributed by atoms with E-state index in [1.165, 1.54) is 11.3 Å². The van der Waals surface area contributed by atoms with Crippen molar-refractivity contribution < 1.29 is 19.4 Å². The van der Waals surface area contributed by atoms with E-state index in [2.05, 4.69) is 5.32 Å². The van der Waals surface area contributed by atoms with Crippen molar-refractivity contribution in [2.45, 2.75) is 13.0 Å². The van der Waals surface area contributed by atoms with Gasteiger partial charge in [-0.2, -0.15) is 0 Å². The fraction of sp³-hybridized carbons (Fsp3) is 0.250. The number of rotatable bonds is 7. The van der Waals surface area contributed by atoms with Crippen molar-refractivity contribution >= 4 is 23.4 Å². The van der Waals surface area contributed by atoms with Gasteiger partial charge in [-0.3, -0.25) is 4.79 Å². The lowest BCUT2D eigenvalue weighted by Crippen LogP contribution is -2.34. The van der Waals surface area contributed by atoms with E-state index in [0.717, 1.165) is 10.4 Å². The van der Waals surface area contributed by atoms with E-state index >= 15 is 0 Å². The van der Waals surface area contributed by atoms with Crippen LogP contribution in [0.25, 0.3) is 0 Å². The summed E-state index contributed by atoms with van der Waals surface area (Å²) in [4.78, 5) is 23.8. The number of thiophene rings is 1. The van der Waals surface area contributed by atoms with E-state index in [0.29, 0.717) is 6.42 Å². The summed E-state index contributed by atoms with van der Waals surface area (Å²) >= 11 is 1.50. The average molecular weight is 319 g/mol. The van der Waals surface area contributed by atoms with Crippen LogP contribution in [0.3, 0.4) is 0 Å². The van der Waals surface area contributed by atoms with Gasteiger partial charge < -0.3 is 15.2 Å². The molecule has 1 heterocycles. The molecule has 1 amide bonds. The van der Waals surface area contributed by atoms with Gasteiger partial charge in [-0.1, -0.05) is 36.4 Å². The highest BCUT2D eigenvalue weighted by molar-refractivity contribution is 7.09. The summed E-state index contributed by atoms with van der Waals surface area (Å²) in [5, 5.41) is 13.6. The van der Waals surface area contributed by atoms with Crippen molar-refractivity contribution in [1.29, 1.82) is 0 Å². The van der Waals surface area contributed by atoms with E-state index in [4.69, 9.17) is 4.74 Å². The smallest absolute Gasteiger partial charge is 0.407 e. The van der Waals surface area contributed by atoms with Gasteiger partial charge in [0.05, 0.1) is 5.92 Å². The van der Waals surface area contributed by atoms with Gasteiger partial charge in [0.25, 0.3) is 0 Å². The number of nitrogens with one attached hydrogen (secondary N) is 1. The number of aliphatic carboxylic acids is 1. The molecule has 0 fully saturated rings. The van der Waals surface area contributed by atoms with Crippen LogP contribution in [-0.2, 0) is 22.6 Å². The van der Waals surface area contributed by atoms with E-state index in [1.54, 1.807) is 0 Å². The highest BCUT2D eigenvalue weighted by Gasteiger charge is 2.19. The maximum absolute atomic E-state index is 11.6. The van der Waals surface area contributed by atoms with Crippen LogP contribution in [0.2, 0.25) is 0 Å². The highest BCUT2D eigenvalue weighted by Crippen LogP contribution is 2.14. The molecule has 0 spiro atoms. The van der Waals surface area contributed by atoms with Crippen LogP contribution in [0.4, 0.5) is 4.79 Å². The standard InChI is InChI=1S/C16H17NO4S/c18-15(19)13(9-14-7-4-8-22-14)10-17-16(20)21-11-12-5-2-1-3-6-12/h1-8,13H,9-11H2,(H,17,20)(H,18,19). The molecule has 0 aliphatic rings. The molecule has 6 heteroatoms. The second kappa shape index (κ2) is 8.19. The van der Waals surface area contributed by atoms with E-state index < -0.39 is 18.0 Å². The zero-order valence-corrected chi connectivity index (χ0v) is 12.7. The summed E-state index contributed by atoms with van der Waals surface area (Å²) < 4.78 is 5.05. The molecule has 5 nitrogen and oxygen atoms in total. The van der Waals surface area contributed by atoms with Crippen molar-refractivity contribution in [2.75, 3.05) is 6.54 Å². The summed E-state index contributed by atoms with van der Waals surface area (Å²) in [5.74, 6) is -1.60. The number of amides is 1. The zero-order valence-electron chi connectivity index (χ0n) is 11.9. The first-order chi connectivity index (χ1) is 10.6. The lowest BCUT2D eigenvalue weighted by atomic mass is 10.1. The predicted molar refractivity (Wildman–Crippen MR) is 83.8 cm³/mol. The Balaban J connectivity index is 1.76. The lowest BCUT2D eigenvalue weighted by molar-refractivity contribution is -0.141. The molecule has 2 rings (SSSR count). The van der Waals surface area contributed by atoms with E-state index in [-0.39, 0.29) is 13.2 Å². The molecule has 0 aliphatic carbocycles. The van der Waals surface area contributed by atoms with E-state index in [1.807, 2.05) is 47.8 Å². The first-order valence-electron chi connectivity index (χ1n) is 6.85. The minimum atomic E-state index is -0.934. The van der Waals surface area contributed by atoms with Crippen molar-refractivity contribution in [3.8, 4) is 0 Å². The number of carboxylic acid groups (broad SMARTS) is 1. The summed E-state index contributed by atoms with van der Waals surface area (Å²) in [5.41, 5.74) is 0.881. The van der Waals surface area contributed by atoms with Gasteiger partial charge in [-0.15, -0.1) is 11.3 Å². The van der Waals surface area contributed by atoms with Gasteiger partial charge in [0.1, 0.15) is 6.61 Å². The summed E-state index contributed by atoms with van der Waals surface area (Å²) in [6, 6.07) is 13.1. The molecule has 2 N–H and O–H groups in total. The minimum Gasteiger partial charge on any atom is -0.481 e. The number of carboxylic acids is 1. The van der Waals surface area contributed by atoms with Crippen LogP contribution in [0.15, 0.2) is 47.8 Å². The molecule has 1 aromatic carbocycles. The summed E-state index contributed by atoms with van der Waals surface area (Å²) in [6.07, 6.45) is -0.215. The number of alkyl carbamates (subject to hydrolysis) is 1. The first kappa shape index (κ1) is 16.0. The second-order valence-corrected chi connectivity index (χ2v) is 5.79. The van der Waals surface area contributed by atoms with Gasteiger partial charge in [0.15, 0.2) is 0 Å². The molecule has 0 radical (unpaired) electrons. The third-order valence-electron chi connectivity index (χ3n) is 3.08. The maximum atomic E-state index is 11.6. The third kappa shape index (κ3) is 5.21. The van der Waals surface area contributed by atoms with Gasteiger partial charge in [0.2, 0.25) is 0 Å². The van der Waals surface area contributed by atoms with E-state index in [9.17, 15) is 14.7 Å². The Kier molecular flexibility index (Phi) is 5.97. The molecule has 0 bridgehead atoms. The van der Waals surface area contributed by atoms with Crippen molar-refractivity contribution in [2.24, 2.45) is 5.92 Å². The molecule has 1 aromatic heterocycles. The second-order valence-electron chi connectivity index (χ2n) is 4.76. The zero-order chi connectivity index (χ0) is 15.8. The molecular weight excluding hydrogens is 302 g/mol. The van der Waals surface area contributed by atoms with Crippen LogP contribution >= 0.6 is 11.3 Å². The Labute approximate surface area is 132 Å². The number of benzene rings is 1. The first-order valence-corrected chi connectivity index (χ1v) is 7.73. The number of ether oxygens (including phenoxy) is 1. The van der Waals surface area contributed by atoms with Crippen LogP contribution in [0.5, 0.6) is 0 Å². The van der Waals surface area contributed by atoms with Gasteiger partial charge >= 0.3 is 12.1 Å². The fourth-order valence-electron chi connectivity index (χ4n) is 1.90. The molecule has 1 unspecified atom stereocenters. The van der Waals surface area contributed by atoms with Crippen molar-refractivity contribution in [3.05, 3.63) is 58.3 Å². The van der Waals surface area contributed by atoms with Crippen LogP contribution in [0.1, 0.15) is 10.4 Å². The molecule has 1 atom stereocenters. The monoisotopic (exact) mass is 319 g/mol. The summed E-state index contributed by atoms with van der Waals surface area (Å²) in [7, 11) is 0. The number of carbonyl (C=O) groups excluding carboxylic acids is 1. The largest absolute Gasteiger partial charge is 0.481 e. The number of carbonyl (C=O) groups is 2. The SMILES string of the molecule is O=C(NCC(Cc1cccs1)C(=O)O)OCc1ccccc1. The maximum Gasteiger partial charge on any atom is 0.407 e. The molecule has 22 heavy (non-hydrogen) atoms. The molecule has 2 aromatic rings. The number of hydrogen-bond acceptors (Lipinski definition) is 4. The van der Waals surface area contributed by atoms with Crippen molar-refractivity contribution in [1.82, 2.24) is 5.32 Å².